The lowest BCUT2D eigenvalue weighted by Gasteiger charge is -2.43. The van der Waals surface area contributed by atoms with Crippen molar-refractivity contribution >= 4 is 11.8 Å². The molecule has 0 unspecified atom stereocenters. The van der Waals surface area contributed by atoms with Gasteiger partial charge in [-0.05, 0) is 32.9 Å². The number of rotatable bonds is 4. The van der Waals surface area contributed by atoms with Crippen LogP contribution in [-0.2, 0) is 11.8 Å². The Hall–Kier alpha value is -1.89. The fourth-order valence-corrected chi connectivity index (χ4v) is 3.98. The van der Waals surface area contributed by atoms with Crippen molar-refractivity contribution in [1.82, 2.24) is 24.5 Å². The summed E-state index contributed by atoms with van der Waals surface area (Å²) in [6.45, 7) is 5.57. The van der Waals surface area contributed by atoms with E-state index < -0.39 is 0 Å². The summed E-state index contributed by atoms with van der Waals surface area (Å²) in [5.41, 5.74) is 0.555. The van der Waals surface area contributed by atoms with E-state index in [1.165, 1.54) is 0 Å². The van der Waals surface area contributed by atoms with Crippen molar-refractivity contribution in [2.24, 2.45) is 13.0 Å². The summed E-state index contributed by atoms with van der Waals surface area (Å²) in [5.74, 6) is 0.369. The molecule has 0 bridgehead atoms. The average Bonchev–Trinajstić information content (AvgIpc) is 3.15. The van der Waals surface area contributed by atoms with Gasteiger partial charge in [0, 0.05) is 32.4 Å². The number of aryl methyl sites for hydroxylation is 1. The summed E-state index contributed by atoms with van der Waals surface area (Å²) in [7, 11) is 5.90. The average molecular weight is 347 g/mol. The first-order valence-corrected chi connectivity index (χ1v) is 9.04. The van der Waals surface area contributed by atoms with Gasteiger partial charge in [0.2, 0.25) is 5.91 Å². The maximum Gasteiger partial charge on any atom is 0.257 e. The summed E-state index contributed by atoms with van der Waals surface area (Å²) in [4.78, 5) is 32.2. The third-order valence-electron chi connectivity index (χ3n) is 5.38. The molecule has 138 valence electrons. The minimum absolute atomic E-state index is 0.0833. The fourth-order valence-electron chi connectivity index (χ4n) is 3.98. The van der Waals surface area contributed by atoms with Gasteiger partial charge in [0.05, 0.1) is 17.8 Å². The highest BCUT2D eigenvalue weighted by atomic mass is 16.2. The van der Waals surface area contributed by atoms with Crippen molar-refractivity contribution in [1.29, 1.82) is 0 Å². The molecule has 0 aromatic carbocycles. The summed E-state index contributed by atoms with van der Waals surface area (Å²) in [6, 6.07) is 0.107. The Morgan fingerprint density at radius 2 is 2.08 bits per heavy atom. The van der Waals surface area contributed by atoms with Crippen molar-refractivity contribution in [3.05, 3.63) is 18.0 Å². The number of nitrogens with zero attached hydrogens (tertiary/aromatic N) is 5. The van der Waals surface area contributed by atoms with Crippen LogP contribution in [0.1, 0.15) is 37.0 Å². The molecule has 0 spiro atoms. The molecule has 0 N–H and O–H groups in total. The number of hydrogen-bond donors (Lipinski definition) is 0. The zero-order chi connectivity index (χ0) is 18.3. The van der Waals surface area contributed by atoms with E-state index in [-0.39, 0.29) is 23.9 Å². The van der Waals surface area contributed by atoms with Crippen LogP contribution >= 0.6 is 0 Å². The van der Waals surface area contributed by atoms with E-state index in [4.69, 9.17) is 0 Å². The molecule has 7 heteroatoms. The molecule has 7 nitrogen and oxygen atoms in total. The van der Waals surface area contributed by atoms with Crippen molar-refractivity contribution in [3.8, 4) is 0 Å². The van der Waals surface area contributed by atoms with Crippen LogP contribution in [0.2, 0.25) is 0 Å². The topological polar surface area (TPSA) is 61.7 Å². The predicted octanol–water partition coefficient (Wildman–Crippen LogP) is 0.822. The number of fused-ring (bicyclic) bond motifs is 1. The van der Waals surface area contributed by atoms with Gasteiger partial charge in [-0.2, -0.15) is 5.10 Å². The van der Waals surface area contributed by atoms with Gasteiger partial charge in [0.25, 0.3) is 5.91 Å². The molecular weight excluding hydrogens is 318 g/mol. The van der Waals surface area contributed by atoms with Crippen LogP contribution in [0.4, 0.5) is 0 Å². The third kappa shape index (κ3) is 3.42. The number of carbonyl (C=O) groups is 2. The standard InChI is InChI=1S/C18H29N5O2/c1-12(2)6-16-18(25)22-10-14(20(3)4)7-15(22)11-23(16)17(24)13-8-19-21(5)9-13/h8-9,12,14-16H,6-7,10-11H2,1-5H3/t14-,15-,16-/m0/s1. The highest BCUT2D eigenvalue weighted by Crippen LogP contribution is 2.31. The van der Waals surface area contributed by atoms with Gasteiger partial charge in [0.1, 0.15) is 6.04 Å². The Bertz CT molecular complexity index is 654. The molecule has 0 aliphatic carbocycles. The van der Waals surface area contributed by atoms with Gasteiger partial charge in [-0.15, -0.1) is 0 Å². The molecule has 3 heterocycles. The van der Waals surface area contributed by atoms with Crippen LogP contribution in [-0.4, -0.2) is 81.6 Å². The molecule has 2 aliphatic rings. The Kier molecular flexibility index (Phi) is 4.86. The highest BCUT2D eigenvalue weighted by Gasteiger charge is 2.47. The summed E-state index contributed by atoms with van der Waals surface area (Å²) in [6.07, 6.45) is 4.93. The quantitative estimate of drug-likeness (QED) is 0.809. The Morgan fingerprint density at radius 1 is 1.36 bits per heavy atom. The summed E-state index contributed by atoms with van der Waals surface area (Å²) >= 11 is 0. The van der Waals surface area contributed by atoms with Gasteiger partial charge >= 0.3 is 0 Å². The molecule has 25 heavy (non-hydrogen) atoms. The normalized spacial score (nSPS) is 26.7. The number of likely N-dealkylation sites (N-methyl/N-ethyl adjacent to an activating group) is 1. The SMILES string of the molecule is CC(C)C[C@H]1C(=O)N2C[C@@H](N(C)C)C[C@H]2CN1C(=O)c1cnn(C)c1. The first-order valence-electron chi connectivity index (χ1n) is 9.04. The lowest BCUT2D eigenvalue weighted by molar-refractivity contribution is -0.142. The molecule has 0 saturated carbocycles. The predicted molar refractivity (Wildman–Crippen MR) is 95.1 cm³/mol. The number of piperazine rings is 1. The maximum absolute atomic E-state index is 13.2. The third-order valence-corrected chi connectivity index (χ3v) is 5.38. The largest absolute Gasteiger partial charge is 0.335 e. The van der Waals surface area contributed by atoms with E-state index in [9.17, 15) is 9.59 Å². The minimum Gasteiger partial charge on any atom is -0.335 e. The van der Waals surface area contributed by atoms with Crippen LogP contribution in [0.15, 0.2) is 12.4 Å². The van der Waals surface area contributed by atoms with Gasteiger partial charge in [0.15, 0.2) is 0 Å². The van der Waals surface area contributed by atoms with Gasteiger partial charge < -0.3 is 14.7 Å². The van der Waals surface area contributed by atoms with E-state index in [0.717, 1.165) is 13.0 Å². The zero-order valence-corrected chi connectivity index (χ0v) is 15.8. The second-order valence-electron chi connectivity index (χ2n) is 8.00. The number of carbonyl (C=O) groups excluding carboxylic acids is 2. The molecule has 2 fully saturated rings. The van der Waals surface area contributed by atoms with E-state index in [2.05, 4.69) is 37.9 Å². The van der Waals surface area contributed by atoms with Crippen molar-refractivity contribution in [2.45, 2.75) is 44.8 Å². The number of amides is 2. The molecule has 0 radical (unpaired) electrons. The van der Waals surface area contributed by atoms with Gasteiger partial charge in [-0.3, -0.25) is 14.3 Å². The highest BCUT2D eigenvalue weighted by molar-refractivity contribution is 5.98. The second kappa shape index (κ2) is 6.78. The first-order chi connectivity index (χ1) is 11.8. The maximum atomic E-state index is 13.2. The fraction of sp³-hybridized carbons (Fsp3) is 0.722. The molecule has 1 aromatic rings. The van der Waals surface area contributed by atoms with Crippen LogP contribution in [0, 0.1) is 5.92 Å². The summed E-state index contributed by atoms with van der Waals surface area (Å²) in [5, 5.41) is 4.11. The van der Waals surface area contributed by atoms with Crippen molar-refractivity contribution < 1.29 is 9.59 Å². The monoisotopic (exact) mass is 347 g/mol. The van der Waals surface area contributed by atoms with E-state index in [0.29, 0.717) is 30.5 Å². The second-order valence-corrected chi connectivity index (χ2v) is 8.00. The lowest BCUT2D eigenvalue weighted by Crippen LogP contribution is -2.61. The molecule has 3 rings (SSSR count). The Balaban J connectivity index is 1.87. The van der Waals surface area contributed by atoms with E-state index >= 15 is 0 Å². The van der Waals surface area contributed by atoms with Crippen LogP contribution in [0.25, 0.3) is 0 Å². The Labute approximate surface area is 149 Å². The lowest BCUT2D eigenvalue weighted by atomic mass is 9.96. The number of aromatic nitrogens is 2. The molecular formula is C18H29N5O2. The molecule has 3 atom stereocenters. The van der Waals surface area contributed by atoms with Gasteiger partial charge in [-0.25, -0.2) is 0 Å². The van der Waals surface area contributed by atoms with Crippen LogP contribution < -0.4 is 0 Å². The molecule has 1 aromatic heterocycles. The minimum atomic E-state index is -0.370. The van der Waals surface area contributed by atoms with E-state index in [1.54, 1.807) is 29.0 Å². The van der Waals surface area contributed by atoms with Gasteiger partial charge in [-0.1, -0.05) is 13.8 Å². The van der Waals surface area contributed by atoms with Crippen LogP contribution in [0.3, 0.4) is 0 Å². The smallest absolute Gasteiger partial charge is 0.257 e. The summed E-state index contributed by atoms with van der Waals surface area (Å²) < 4.78 is 1.63. The van der Waals surface area contributed by atoms with Crippen molar-refractivity contribution in [2.75, 3.05) is 27.2 Å². The van der Waals surface area contributed by atoms with Crippen LogP contribution in [0.5, 0.6) is 0 Å². The molecule has 2 saturated heterocycles. The first kappa shape index (κ1) is 17.9. The Morgan fingerprint density at radius 3 is 2.64 bits per heavy atom. The molecule has 2 amide bonds. The molecule has 2 aliphatic heterocycles. The van der Waals surface area contributed by atoms with Crippen molar-refractivity contribution in [3.63, 3.8) is 0 Å². The number of hydrogen-bond acceptors (Lipinski definition) is 4. The van der Waals surface area contributed by atoms with E-state index in [1.807, 2.05) is 4.90 Å². The zero-order valence-electron chi connectivity index (χ0n) is 15.8.